The standard InChI is InChI=1S/C22H26N4O5S/c1-4-26-21(18-10-7-11-31-18)24-25-22(26)32-14-19(27)23-17(13-20(28)30-5-2)15-8-6-9-16(12-15)29-3/h6-12,17H,4-5,13-14H2,1-3H3,(H,23,27). The fourth-order valence-corrected chi connectivity index (χ4v) is 3.95. The second kappa shape index (κ2) is 11.4. The smallest absolute Gasteiger partial charge is 0.308 e. The monoisotopic (exact) mass is 458 g/mol. The highest BCUT2D eigenvalue weighted by molar-refractivity contribution is 7.99. The van der Waals surface area contributed by atoms with Crippen molar-refractivity contribution in [2.45, 2.75) is 38.0 Å². The van der Waals surface area contributed by atoms with Gasteiger partial charge in [-0.15, -0.1) is 10.2 Å². The van der Waals surface area contributed by atoms with Crippen LogP contribution in [0.1, 0.15) is 31.9 Å². The third kappa shape index (κ3) is 5.91. The first-order valence-corrected chi connectivity index (χ1v) is 11.2. The number of esters is 1. The molecule has 0 bridgehead atoms. The van der Waals surface area contributed by atoms with E-state index < -0.39 is 6.04 Å². The molecule has 0 spiro atoms. The van der Waals surface area contributed by atoms with Crippen LogP contribution >= 0.6 is 11.8 Å². The van der Waals surface area contributed by atoms with Crippen molar-refractivity contribution in [3.8, 4) is 17.3 Å². The third-order valence-corrected chi connectivity index (χ3v) is 5.58. The lowest BCUT2D eigenvalue weighted by Gasteiger charge is -2.19. The normalized spacial score (nSPS) is 11.7. The van der Waals surface area contributed by atoms with Gasteiger partial charge in [-0.1, -0.05) is 23.9 Å². The number of methoxy groups -OCH3 is 1. The van der Waals surface area contributed by atoms with Crippen LogP contribution in [0.25, 0.3) is 11.6 Å². The van der Waals surface area contributed by atoms with E-state index in [1.807, 2.05) is 29.7 Å². The summed E-state index contributed by atoms with van der Waals surface area (Å²) in [5, 5.41) is 11.9. The Kier molecular flexibility index (Phi) is 8.32. The van der Waals surface area contributed by atoms with Crippen molar-refractivity contribution in [3.05, 3.63) is 48.2 Å². The number of ether oxygens (including phenoxy) is 2. The molecule has 1 aromatic carbocycles. The summed E-state index contributed by atoms with van der Waals surface area (Å²) >= 11 is 1.27. The Morgan fingerprint density at radius 3 is 2.75 bits per heavy atom. The Bertz CT molecular complexity index is 1030. The molecular weight excluding hydrogens is 432 g/mol. The number of aromatic nitrogens is 3. The summed E-state index contributed by atoms with van der Waals surface area (Å²) in [5.41, 5.74) is 0.757. The summed E-state index contributed by atoms with van der Waals surface area (Å²) < 4.78 is 17.6. The van der Waals surface area contributed by atoms with Crippen LogP contribution in [0.5, 0.6) is 5.75 Å². The Balaban J connectivity index is 1.69. The van der Waals surface area contributed by atoms with Gasteiger partial charge in [-0.2, -0.15) is 0 Å². The van der Waals surface area contributed by atoms with E-state index in [1.54, 1.807) is 38.5 Å². The molecule has 1 N–H and O–H groups in total. The lowest BCUT2D eigenvalue weighted by Crippen LogP contribution is -2.32. The van der Waals surface area contributed by atoms with Crippen molar-refractivity contribution in [3.63, 3.8) is 0 Å². The van der Waals surface area contributed by atoms with E-state index in [0.29, 0.717) is 29.0 Å². The van der Waals surface area contributed by atoms with E-state index in [1.165, 1.54) is 11.8 Å². The highest BCUT2D eigenvalue weighted by Gasteiger charge is 2.21. The summed E-state index contributed by atoms with van der Waals surface area (Å²) in [6.07, 6.45) is 1.59. The summed E-state index contributed by atoms with van der Waals surface area (Å²) in [4.78, 5) is 24.8. The maximum Gasteiger partial charge on any atom is 0.308 e. The van der Waals surface area contributed by atoms with Gasteiger partial charge in [0.2, 0.25) is 5.91 Å². The molecule has 0 aliphatic carbocycles. The number of hydrogen-bond donors (Lipinski definition) is 1. The van der Waals surface area contributed by atoms with Gasteiger partial charge in [-0.05, 0) is 43.7 Å². The zero-order valence-electron chi connectivity index (χ0n) is 18.2. The van der Waals surface area contributed by atoms with Gasteiger partial charge >= 0.3 is 5.97 Å². The second-order valence-electron chi connectivity index (χ2n) is 6.72. The number of nitrogens with one attached hydrogen (secondary N) is 1. The maximum absolute atomic E-state index is 12.7. The molecule has 9 nitrogen and oxygen atoms in total. The lowest BCUT2D eigenvalue weighted by atomic mass is 10.0. The van der Waals surface area contributed by atoms with Crippen molar-refractivity contribution in [1.82, 2.24) is 20.1 Å². The van der Waals surface area contributed by atoms with E-state index in [4.69, 9.17) is 13.9 Å². The van der Waals surface area contributed by atoms with Crippen molar-refractivity contribution < 1.29 is 23.5 Å². The average molecular weight is 459 g/mol. The fourth-order valence-electron chi connectivity index (χ4n) is 3.13. The van der Waals surface area contributed by atoms with Gasteiger partial charge in [0.15, 0.2) is 16.7 Å². The van der Waals surface area contributed by atoms with Crippen molar-refractivity contribution in [2.75, 3.05) is 19.5 Å². The first-order chi connectivity index (χ1) is 15.5. The van der Waals surface area contributed by atoms with E-state index in [0.717, 1.165) is 5.56 Å². The predicted octanol–water partition coefficient (Wildman–Crippen LogP) is 3.47. The molecule has 2 heterocycles. The van der Waals surface area contributed by atoms with E-state index in [9.17, 15) is 9.59 Å². The molecule has 0 saturated carbocycles. The van der Waals surface area contributed by atoms with Crippen molar-refractivity contribution in [2.24, 2.45) is 0 Å². The van der Waals surface area contributed by atoms with Crippen LogP contribution in [0.2, 0.25) is 0 Å². The number of rotatable bonds is 11. The Morgan fingerprint density at radius 2 is 2.06 bits per heavy atom. The van der Waals surface area contributed by atoms with Gasteiger partial charge < -0.3 is 19.2 Å². The summed E-state index contributed by atoms with van der Waals surface area (Å²) in [6, 6.07) is 10.3. The molecular formula is C22H26N4O5S. The molecule has 1 unspecified atom stereocenters. The number of thioether (sulfide) groups is 1. The van der Waals surface area contributed by atoms with Crippen LogP contribution in [0.4, 0.5) is 0 Å². The first-order valence-electron chi connectivity index (χ1n) is 10.2. The molecule has 1 amide bonds. The number of furan rings is 1. The zero-order valence-corrected chi connectivity index (χ0v) is 19.1. The minimum Gasteiger partial charge on any atom is -0.497 e. The van der Waals surface area contributed by atoms with Crippen molar-refractivity contribution in [1.29, 1.82) is 0 Å². The molecule has 10 heteroatoms. The van der Waals surface area contributed by atoms with Crippen LogP contribution in [-0.2, 0) is 20.9 Å². The molecule has 0 saturated heterocycles. The van der Waals surface area contributed by atoms with Crippen LogP contribution in [0.3, 0.4) is 0 Å². The highest BCUT2D eigenvalue weighted by atomic mass is 32.2. The number of hydrogen-bond acceptors (Lipinski definition) is 8. The second-order valence-corrected chi connectivity index (χ2v) is 7.66. The van der Waals surface area contributed by atoms with Gasteiger partial charge in [0.05, 0.1) is 38.2 Å². The maximum atomic E-state index is 12.7. The minimum absolute atomic E-state index is 0.0190. The largest absolute Gasteiger partial charge is 0.497 e. The molecule has 32 heavy (non-hydrogen) atoms. The van der Waals surface area contributed by atoms with Crippen LogP contribution in [0.15, 0.2) is 52.2 Å². The highest BCUT2D eigenvalue weighted by Crippen LogP contribution is 2.25. The first kappa shape index (κ1) is 23.4. The van der Waals surface area contributed by atoms with Crippen LogP contribution in [0, 0.1) is 0 Å². The Morgan fingerprint density at radius 1 is 1.22 bits per heavy atom. The average Bonchev–Trinajstić information content (AvgIpc) is 3.46. The molecule has 0 aliphatic heterocycles. The Labute approximate surface area is 190 Å². The number of nitrogens with zero attached hydrogens (tertiary/aromatic N) is 3. The van der Waals surface area contributed by atoms with Crippen LogP contribution < -0.4 is 10.1 Å². The number of amides is 1. The van der Waals surface area contributed by atoms with E-state index in [2.05, 4.69) is 15.5 Å². The lowest BCUT2D eigenvalue weighted by molar-refractivity contribution is -0.143. The van der Waals surface area contributed by atoms with Crippen LogP contribution in [-0.4, -0.2) is 46.1 Å². The zero-order chi connectivity index (χ0) is 22.9. The quantitative estimate of drug-likeness (QED) is 0.344. The molecule has 170 valence electrons. The van der Waals surface area contributed by atoms with Gasteiger partial charge in [0.1, 0.15) is 5.75 Å². The topological polar surface area (TPSA) is 108 Å². The Hall–Kier alpha value is -3.27. The molecule has 1 atom stereocenters. The van der Waals surface area contributed by atoms with E-state index >= 15 is 0 Å². The summed E-state index contributed by atoms with van der Waals surface area (Å²) in [7, 11) is 1.57. The van der Waals surface area contributed by atoms with Gasteiger partial charge in [0, 0.05) is 6.54 Å². The SMILES string of the molecule is CCOC(=O)CC(NC(=O)CSc1nnc(-c2ccco2)n1CC)c1cccc(OC)c1. The van der Waals surface area contributed by atoms with E-state index in [-0.39, 0.29) is 30.7 Å². The molecule has 0 fully saturated rings. The molecule has 0 aliphatic rings. The number of carbonyl (C=O) groups is 2. The van der Waals surface area contributed by atoms with Crippen molar-refractivity contribution >= 4 is 23.6 Å². The fraction of sp³-hybridized carbons (Fsp3) is 0.364. The number of carbonyl (C=O) groups excluding carboxylic acids is 2. The number of benzene rings is 1. The molecule has 2 aromatic heterocycles. The molecule has 3 aromatic rings. The van der Waals surface area contributed by atoms with Gasteiger partial charge in [-0.25, -0.2) is 0 Å². The molecule has 0 radical (unpaired) electrons. The third-order valence-electron chi connectivity index (χ3n) is 4.61. The minimum atomic E-state index is -0.542. The summed E-state index contributed by atoms with van der Waals surface area (Å²) in [5.74, 6) is 1.35. The predicted molar refractivity (Wildman–Crippen MR) is 119 cm³/mol. The van der Waals surface area contributed by atoms with Gasteiger partial charge in [0.25, 0.3) is 0 Å². The van der Waals surface area contributed by atoms with Gasteiger partial charge in [-0.3, -0.25) is 14.2 Å². The summed E-state index contributed by atoms with van der Waals surface area (Å²) in [6.45, 7) is 4.62. The molecule has 3 rings (SSSR count).